The Kier molecular flexibility index (Phi) is 6.40. The number of carbonyl (C=O) groups excluding carboxylic acids is 2. The molecule has 5 nitrogen and oxygen atoms in total. The number of thiophene rings is 1. The van der Waals surface area contributed by atoms with Gasteiger partial charge in [-0.1, -0.05) is 18.8 Å². The number of hydrogen-bond acceptors (Lipinski definition) is 4. The van der Waals surface area contributed by atoms with Crippen molar-refractivity contribution in [1.29, 1.82) is 0 Å². The molecule has 1 heterocycles. The highest BCUT2D eigenvalue weighted by Crippen LogP contribution is 2.22. The van der Waals surface area contributed by atoms with Gasteiger partial charge in [0.05, 0.1) is 15.7 Å². The first-order chi connectivity index (χ1) is 9.90. The summed E-state index contributed by atoms with van der Waals surface area (Å²) in [7, 11) is 3.26. The number of nitrogens with zero attached hydrogens (tertiary/aromatic N) is 1. The molecular weight excluding hydrogens is 288 g/mol. The molecule has 1 aromatic heterocycles. The fourth-order valence-corrected chi connectivity index (χ4v) is 2.88. The molecular formula is C15H20N2O3S. The fraction of sp³-hybridized carbons (Fsp3) is 0.467. The molecule has 2 amide bonds. The van der Waals surface area contributed by atoms with E-state index in [0.717, 1.165) is 10.4 Å². The molecule has 0 aliphatic carbocycles. The zero-order valence-electron chi connectivity index (χ0n) is 12.7. The van der Waals surface area contributed by atoms with Crippen LogP contribution in [0.4, 0.5) is 0 Å². The van der Waals surface area contributed by atoms with E-state index < -0.39 is 0 Å². The van der Waals surface area contributed by atoms with E-state index >= 15 is 0 Å². The molecule has 0 bridgehead atoms. The molecule has 0 saturated heterocycles. The van der Waals surface area contributed by atoms with Gasteiger partial charge >= 0.3 is 0 Å². The molecule has 0 spiro atoms. The fourth-order valence-electron chi connectivity index (χ4n) is 1.84. The Bertz CT molecular complexity index is 583. The Morgan fingerprint density at radius 2 is 2.19 bits per heavy atom. The molecule has 114 valence electrons. The third kappa shape index (κ3) is 4.59. The summed E-state index contributed by atoms with van der Waals surface area (Å²) in [6.45, 7) is 3.81. The van der Waals surface area contributed by atoms with Crippen molar-refractivity contribution in [2.24, 2.45) is 5.92 Å². The molecule has 0 fully saturated rings. The minimum absolute atomic E-state index is 0.0912. The molecule has 1 aromatic rings. The molecule has 0 aliphatic heterocycles. The van der Waals surface area contributed by atoms with Crippen LogP contribution in [0.15, 0.2) is 6.07 Å². The van der Waals surface area contributed by atoms with E-state index in [1.165, 1.54) is 16.2 Å². The van der Waals surface area contributed by atoms with Crippen LogP contribution in [0.25, 0.3) is 0 Å². The minimum Gasteiger partial charge on any atom is -0.384 e. The second-order valence-corrected chi connectivity index (χ2v) is 5.84. The molecule has 0 aromatic carbocycles. The average molecular weight is 308 g/mol. The van der Waals surface area contributed by atoms with Gasteiger partial charge in [0.25, 0.3) is 5.91 Å². The maximum Gasteiger partial charge on any atom is 0.263 e. The van der Waals surface area contributed by atoms with Gasteiger partial charge in [-0.15, -0.1) is 11.3 Å². The van der Waals surface area contributed by atoms with Crippen molar-refractivity contribution in [2.75, 3.05) is 27.2 Å². The normalized spacial score (nSPS) is 11.3. The Hall–Kier alpha value is -1.84. The Labute approximate surface area is 129 Å². The monoisotopic (exact) mass is 308 g/mol. The molecule has 1 rings (SSSR count). The van der Waals surface area contributed by atoms with E-state index in [-0.39, 0.29) is 24.3 Å². The van der Waals surface area contributed by atoms with Crippen LogP contribution in [0.5, 0.6) is 0 Å². The average Bonchev–Trinajstić information content (AvgIpc) is 2.84. The summed E-state index contributed by atoms with van der Waals surface area (Å²) in [5.74, 6) is 4.92. The summed E-state index contributed by atoms with van der Waals surface area (Å²) in [6.07, 6.45) is 0. The van der Waals surface area contributed by atoms with Gasteiger partial charge < -0.3 is 15.3 Å². The van der Waals surface area contributed by atoms with E-state index in [2.05, 4.69) is 17.2 Å². The number of aliphatic hydroxyl groups is 1. The van der Waals surface area contributed by atoms with Gasteiger partial charge in [0.2, 0.25) is 5.91 Å². The summed E-state index contributed by atoms with van der Waals surface area (Å²) in [6, 6.07) is 1.79. The van der Waals surface area contributed by atoms with Crippen molar-refractivity contribution in [3.05, 3.63) is 21.4 Å². The van der Waals surface area contributed by atoms with Crippen LogP contribution in [-0.4, -0.2) is 49.1 Å². The Morgan fingerprint density at radius 3 is 2.76 bits per heavy atom. The van der Waals surface area contributed by atoms with Crippen molar-refractivity contribution in [1.82, 2.24) is 10.2 Å². The van der Waals surface area contributed by atoms with Crippen molar-refractivity contribution < 1.29 is 14.7 Å². The highest BCUT2D eigenvalue weighted by Gasteiger charge is 2.20. The van der Waals surface area contributed by atoms with Gasteiger partial charge in [0, 0.05) is 20.6 Å². The summed E-state index contributed by atoms with van der Waals surface area (Å²) in [5.41, 5.74) is 0.914. The van der Waals surface area contributed by atoms with Crippen molar-refractivity contribution in [2.45, 2.75) is 13.8 Å². The van der Waals surface area contributed by atoms with Crippen molar-refractivity contribution >= 4 is 23.2 Å². The smallest absolute Gasteiger partial charge is 0.263 e. The predicted molar refractivity (Wildman–Crippen MR) is 83.2 cm³/mol. The third-order valence-corrected chi connectivity index (χ3v) is 4.14. The number of nitrogens with one attached hydrogen (secondary N) is 1. The number of aryl methyl sites for hydroxylation is 1. The number of hydrogen-bond donors (Lipinski definition) is 2. The molecule has 0 radical (unpaired) electrons. The van der Waals surface area contributed by atoms with Crippen LogP contribution in [0.2, 0.25) is 0 Å². The zero-order chi connectivity index (χ0) is 16.0. The first kappa shape index (κ1) is 17.2. The number of rotatable bonds is 4. The minimum atomic E-state index is -0.265. The van der Waals surface area contributed by atoms with Crippen LogP contribution in [0.3, 0.4) is 0 Å². The quantitative estimate of drug-likeness (QED) is 0.810. The first-order valence-electron chi connectivity index (χ1n) is 6.57. The number of aliphatic hydroxyl groups excluding tert-OH is 1. The zero-order valence-corrected chi connectivity index (χ0v) is 13.5. The van der Waals surface area contributed by atoms with E-state index in [0.29, 0.717) is 11.4 Å². The lowest BCUT2D eigenvalue weighted by Crippen LogP contribution is -2.37. The Balaban J connectivity index is 2.81. The van der Waals surface area contributed by atoms with Gasteiger partial charge in [0.15, 0.2) is 0 Å². The van der Waals surface area contributed by atoms with Crippen molar-refractivity contribution in [3.63, 3.8) is 0 Å². The standard InChI is InChI=1S/C15H20N2O3S/c1-10-8-13(21-12(10)6-5-7-18)15(20)17(4)9-11(2)14(19)16-3/h8,11,18H,7,9H2,1-4H3,(H,16,19). The van der Waals surface area contributed by atoms with Gasteiger partial charge in [-0.05, 0) is 18.6 Å². The topological polar surface area (TPSA) is 69.6 Å². The van der Waals surface area contributed by atoms with E-state index in [1.807, 2.05) is 6.92 Å². The van der Waals surface area contributed by atoms with E-state index in [9.17, 15) is 9.59 Å². The van der Waals surface area contributed by atoms with Crippen LogP contribution >= 0.6 is 11.3 Å². The molecule has 2 N–H and O–H groups in total. The van der Waals surface area contributed by atoms with Crippen molar-refractivity contribution in [3.8, 4) is 11.8 Å². The summed E-state index contributed by atoms with van der Waals surface area (Å²) in [5, 5.41) is 11.3. The molecule has 21 heavy (non-hydrogen) atoms. The van der Waals surface area contributed by atoms with Gasteiger partial charge in [-0.2, -0.15) is 0 Å². The SMILES string of the molecule is CNC(=O)C(C)CN(C)C(=O)c1cc(C)c(C#CCO)s1. The van der Waals surface area contributed by atoms with Crippen LogP contribution in [0.1, 0.15) is 27.0 Å². The first-order valence-corrected chi connectivity index (χ1v) is 7.39. The molecule has 0 saturated carbocycles. The molecule has 6 heteroatoms. The summed E-state index contributed by atoms with van der Waals surface area (Å²) < 4.78 is 0. The largest absolute Gasteiger partial charge is 0.384 e. The maximum atomic E-state index is 12.3. The summed E-state index contributed by atoms with van der Waals surface area (Å²) in [4.78, 5) is 26.7. The second kappa shape index (κ2) is 7.81. The number of carbonyl (C=O) groups is 2. The van der Waals surface area contributed by atoms with Crippen LogP contribution < -0.4 is 5.32 Å². The van der Waals surface area contributed by atoms with E-state index in [1.54, 1.807) is 27.1 Å². The van der Waals surface area contributed by atoms with E-state index in [4.69, 9.17) is 5.11 Å². The third-order valence-electron chi connectivity index (χ3n) is 3.00. The highest BCUT2D eigenvalue weighted by molar-refractivity contribution is 7.14. The lowest BCUT2D eigenvalue weighted by molar-refractivity contribution is -0.124. The Morgan fingerprint density at radius 1 is 1.52 bits per heavy atom. The van der Waals surface area contributed by atoms with Crippen LogP contribution in [-0.2, 0) is 4.79 Å². The molecule has 1 unspecified atom stereocenters. The lowest BCUT2D eigenvalue weighted by Gasteiger charge is -2.20. The van der Waals surface area contributed by atoms with Gasteiger partial charge in [-0.3, -0.25) is 9.59 Å². The number of amides is 2. The van der Waals surface area contributed by atoms with Gasteiger partial charge in [0.1, 0.15) is 6.61 Å². The maximum absolute atomic E-state index is 12.3. The van der Waals surface area contributed by atoms with Gasteiger partial charge in [-0.25, -0.2) is 0 Å². The lowest BCUT2D eigenvalue weighted by atomic mass is 10.1. The second-order valence-electron chi connectivity index (χ2n) is 4.78. The summed E-state index contributed by atoms with van der Waals surface area (Å²) >= 11 is 1.30. The van der Waals surface area contributed by atoms with Crippen LogP contribution in [0, 0.1) is 24.7 Å². The molecule has 0 aliphatic rings. The predicted octanol–water partition coefficient (Wildman–Crippen LogP) is 0.854. The molecule has 1 atom stereocenters. The highest BCUT2D eigenvalue weighted by atomic mass is 32.1.